The molecule has 1 aromatic heterocycles. The van der Waals surface area contributed by atoms with Gasteiger partial charge in [0.05, 0.1) is 12.2 Å². The molecule has 1 fully saturated rings. The van der Waals surface area contributed by atoms with Gasteiger partial charge in [-0.2, -0.15) is 0 Å². The Balaban J connectivity index is 1.34. The first-order valence-electron chi connectivity index (χ1n) is 9.04. The zero-order valence-corrected chi connectivity index (χ0v) is 15.0. The zero-order chi connectivity index (χ0) is 16.2. The van der Waals surface area contributed by atoms with Gasteiger partial charge in [-0.3, -0.25) is 9.88 Å². The van der Waals surface area contributed by atoms with E-state index >= 15 is 0 Å². The Bertz CT molecular complexity index is 665. The van der Waals surface area contributed by atoms with E-state index in [9.17, 15) is 0 Å². The summed E-state index contributed by atoms with van der Waals surface area (Å²) in [4.78, 5) is 8.44. The summed E-state index contributed by atoms with van der Waals surface area (Å²) in [5, 5.41) is 0. The summed E-state index contributed by atoms with van der Waals surface area (Å²) in [6, 6.07) is 13.4. The predicted octanol–water partition coefficient (Wildman–Crippen LogP) is 4.13. The molecule has 3 heterocycles. The summed E-state index contributed by atoms with van der Waals surface area (Å²) in [5.41, 5.74) is 4.08. The van der Waals surface area contributed by atoms with Crippen LogP contribution in [-0.4, -0.2) is 33.8 Å². The van der Waals surface area contributed by atoms with E-state index in [1.54, 1.807) is 0 Å². The van der Waals surface area contributed by atoms with Crippen LogP contribution < -0.4 is 0 Å². The quantitative estimate of drug-likeness (QED) is 0.780. The highest BCUT2D eigenvalue weighted by Gasteiger charge is 2.17. The predicted molar refractivity (Wildman–Crippen MR) is 99.8 cm³/mol. The van der Waals surface area contributed by atoms with Crippen molar-refractivity contribution in [3.8, 4) is 0 Å². The lowest BCUT2D eigenvalue weighted by atomic mass is 10.1. The van der Waals surface area contributed by atoms with Crippen LogP contribution in [0.25, 0.3) is 0 Å². The summed E-state index contributed by atoms with van der Waals surface area (Å²) < 4.78 is 2.43. The number of hydrogen-bond donors (Lipinski definition) is 0. The molecule has 4 rings (SSSR count). The maximum absolute atomic E-state index is 4.53. The largest absolute Gasteiger partial charge is 0.299 e. The molecule has 0 aliphatic carbocycles. The van der Waals surface area contributed by atoms with Crippen molar-refractivity contribution in [2.75, 3.05) is 19.6 Å². The maximum Gasteiger partial charge on any atom is 0.0586 e. The summed E-state index contributed by atoms with van der Waals surface area (Å²) in [6.45, 7) is 5.66. The Kier molecular flexibility index (Phi) is 5.16. The minimum atomic E-state index is 0.941. The summed E-state index contributed by atoms with van der Waals surface area (Å²) >= 11 is 1.86. The fraction of sp³-hybridized carbons (Fsp3) is 0.450. The molecule has 2 aliphatic heterocycles. The standard InChI is InChI=1S/C20H25N3S/c1-2-12-22(13-3-1)15-17-6-8-19(9-7-17)24-23-14-10-18-5-4-11-21-20(18)16-23/h4-9,11H,1-3,10,12-16H2. The van der Waals surface area contributed by atoms with E-state index in [1.807, 2.05) is 24.2 Å². The first kappa shape index (κ1) is 16.1. The van der Waals surface area contributed by atoms with Crippen LogP contribution in [0.2, 0.25) is 0 Å². The third kappa shape index (κ3) is 4.00. The third-order valence-corrected chi connectivity index (χ3v) is 6.01. The van der Waals surface area contributed by atoms with Crippen molar-refractivity contribution >= 4 is 11.9 Å². The van der Waals surface area contributed by atoms with E-state index in [4.69, 9.17) is 0 Å². The number of nitrogens with zero attached hydrogens (tertiary/aromatic N) is 3. The molecular formula is C20H25N3S. The Hall–Kier alpha value is -1.36. The minimum absolute atomic E-state index is 0.941. The van der Waals surface area contributed by atoms with Crippen molar-refractivity contribution in [1.29, 1.82) is 0 Å². The van der Waals surface area contributed by atoms with Gasteiger partial charge in [-0.1, -0.05) is 24.6 Å². The molecule has 0 saturated carbocycles. The van der Waals surface area contributed by atoms with Crippen molar-refractivity contribution in [2.45, 2.75) is 43.7 Å². The summed E-state index contributed by atoms with van der Waals surface area (Å²) in [5.74, 6) is 0. The Labute approximate surface area is 149 Å². The highest BCUT2D eigenvalue weighted by Crippen LogP contribution is 2.28. The molecule has 24 heavy (non-hydrogen) atoms. The molecule has 2 aromatic rings. The number of fused-ring (bicyclic) bond motifs is 1. The van der Waals surface area contributed by atoms with Crippen LogP contribution in [-0.2, 0) is 19.5 Å². The second-order valence-corrected chi connectivity index (χ2v) is 7.97. The second kappa shape index (κ2) is 7.68. The van der Waals surface area contributed by atoms with Crippen molar-refractivity contribution in [2.24, 2.45) is 0 Å². The van der Waals surface area contributed by atoms with Crippen LogP contribution >= 0.6 is 11.9 Å². The number of likely N-dealkylation sites (tertiary alicyclic amines) is 1. The maximum atomic E-state index is 4.53. The molecule has 4 heteroatoms. The third-order valence-electron chi connectivity index (χ3n) is 4.95. The summed E-state index contributed by atoms with van der Waals surface area (Å²) in [6.07, 6.45) is 7.13. The van der Waals surface area contributed by atoms with E-state index < -0.39 is 0 Å². The van der Waals surface area contributed by atoms with Crippen LogP contribution in [0.3, 0.4) is 0 Å². The lowest BCUT2D eigenvalue weighted by Crippen LogP contribution is -2.29. The monoisotopic (exact) mass is 339 g/mol. The Morgan fingerprint density at radius 3 is 2.62 bits per heavy atom. The number of hydrogen-bond acceptors (Lipinski definition) is 4. The van der Waals surface area contributed by atoms with Gasteiger partial charge in [-0.05, 0) is 73.6 Å². The smallest absolute Gasteiger partial charge is 0.0586 e. The average molecular weight is 340 g/mol. The van der Waals surface area contributed by atoms with Crippen LogP contribution in [0.4, 0.5) is 0 Å². The van der Waals surface area contributed by atoms with Gasteiger partial charge in [0.1, 0.15) is 0 Å². The molecule has 0 atom stereocenters. The number of benzene rings is 1. The number of pyridine rings is 1. The molecule has 2 aliphatic rings. The van der Waals surface area contributed by atoms with Gasteiger partial charge in [-0.25, -0.2) is 4.31 Å². The molecule has 3 nitrogen and oxygen atoms in total. The summed E-state index contributed by atoms with van der Waals surface area (Å²) in [7, 11) is 0. The van der Waals surface area contributed by atoms with Gasteiger partial charge in [0.15, 0.2) is 0 Å². The molecule has 126 valence electrons. The first-order chi connectivity index (χ1) is 11.9. The highest BCUT2D eigenvalue weighted by molar-refractivity contribution is 7.97. The van der Waals surface area contributed by atoms with Gasteiger partial charge >= 0.3 is 0 Å². The molecule has 0 radical (unpaired) electrons. The Morgan fingerprint density at radius 2 is 1.79 bits per heavy atom. The van der Waals surface area contributed by atoms with Gasteiger partial charge in [0.25, 0.3) is 0 Å². The normalized spacial score (nSPS) is 19.2. The highest BCUT2D eigenvalue weighted by atomic mass is 32.2. The molecule has 1 saturated heterocycles. The molecule has 1 aromatic carbocycles. The van der Waals surface area contributed by atoms with Crippen LogP contribution in [0, 0.1) is 0 Å². The van der Waals surface area contributed by atoms with Crippen LogP contribution in [0.1, 0.15) is 36.1 Å². The number of rotatable bonds is 4. The fourth-order valence-corrected chi connectivity index (χ4v) is 4.52. The van der Waals surface area contributed by atoms with Gasteiger partial charge < -0.3 is 0 Å². The van der Waals surface area contributed by atoms with Crippen molar-refractivity contribution < 1.29 is 0 Å². The van der Waals surface area contributed by atoms with E-state index in [0.29, 0.717) is 0 Å². The van der Waals surface area contributed by atoms with Crippen LogP contribution in [0.15, 0.2) is 47.5 Å². The molecule has 0 amide bonds. The first-order valence-corrected chi connectivity index (χ1v) is 9.81. The van der Waals surface area contributed by atoms with Crippen molar-refractivity contribution in [1.82, 2.24) is 14.2 Å². The average Bonchev–Trinajstić information content (AvgIpc) is 2.64. The molecule has 0 bridgehead atoms. The molecule has 0 unspecified atom stereocenters. The van der Waals surface area contributed by atoms with Gasteiger partial charge in [-0.15, -0.1) is 0 Å². The molecule has 0 N–H and O–H groups in total. The Morgan fingerprint density at radius 1 is 0.958 bits per heavy atom. The number of piperidine rings is 1. The van der Waals surface area contributed by atoms with Crippen molar-refractivity contribution in [3.63, 3.8) is 0 Å². The topological polar surface area (TPSA) is 19.4 Å². The zero-order valence-electron chi connectivity index (χ0n) is 14.2. The fourth-order valence-electron chi connectivity index (χ4n) is 3.59. The lowest BCUT2D eigenvalue weighted by Gasteiger charge is -2.27. The van der Waals surface area contributed by atoms with E-state index in [2.05, 4.69) is 44.5 Å². The van der Waals surface area contributed by atoms with E-state index in [-0.39, 0.29) is 0 Å². The van der Waals surface area contributed by atoms with Gasteiger partial charge in [0, 0.05) is 24.2 Å². The SMILES string of the molecule is c1cnc2c(c1)CCN(Sc1ccc(CN3CCCCC3)cc1)C2. The van der Waals surface area contributed by atoms with E-state index in [0.717, 1.165) is 26.1 Å². The lowest BCUT2D eigenvalue weighted by molar-refractivity contribution is 0.221. The second-order valence-electron chi connectivity index (χ2n) is 6.79. The minimum Gasteiger partial charge on any atom is -0.299 e. The van der Waals surface area contributed by atoms with Crippen molar-refractivity contribution in [3.05, 3.63) is 59.4 Å². The number of aromatic nitrogens is 1. The van der Waals surface area contributed by atoms with Gasteiger partial charge in [0.2, 0.25) is 0 Å². The van der Waals surface area contributed by atoms with E-state index in [1.165, 1.54) is 54.1 Å². The van der Waals surface area contributed by atoms with Crippen LogP contribution in [0.5, 0.6) is 0 Å². The molecule has 0 spiro atoms. The molecular weight excluding hydrogens is 314 g/mol.